The second-order valence-corrected chi connectivity index (χ2v) is 6.81. The Morgan fingerprint density at radius 2 is 2.08 bits per heavy atom. The molecule has 2 aliphatic heterocycles. The number of hydrogen-bond acceptors (Lipinski definition) is 4. The summed E-state index contributed by atoms with van der Waals surface area (Å²) in [6.07, 6.45) is 3.66. The van der Waals surface area contributed by atoms with Crippen LogP contribution in [0.25, 0.3) is 0 Å². The van der Waals surface area contributed by atoms with Crippen LogP contribution in [-0.4, -0.2) is 90.1 Å². The third-order valence-corrected chi connectivity index (χ3v) is 5.26. The summed E-state index contributed by atoms with van der Waals surface area (Å²) in [6, 6.07) is 3.71. The van der Waals surface area contributed by atoms with E-state index >= 15 is 0 Å². The van der Waals surface area contributed by atoms with Crippen LogP contribution in [0.2, 0.25) is 0 Å². The maximum atomic E-state index is 12.7. The highest BCUT2D eigenvalue weighted by Crippen LogP contribution is 2.19. The molecule has 25 heavy (non-hydrogen) atoms. The van der Waals surface area contributed by atoms with Crippen LogP contribution in [0.5, 0.6) is 0 Å². The molecule has 2 amide bonds. The molecule has 0 aliphatic carbocycles. The number of amides is 2. The standard InChI is InChI=1S/C18H28N4O3/c1-19-7-3-5-15(19)17(23)21-9-4-8-20(11-12-21)16-6-10-22(18(16)24)13-14-25-2/h3,5,7,16H,4,6,8-14H2,1-2H3/t16-/m1/s1. The highest BCUT2D eigenvalue weighted by atomic mass is 16.5. The summed E-state index contributed by atoms with van der Waals surface area (Å²) >= 11 is 0. The van der Waals surface area contributed by atoms with E-state index in [1.807, 2.05) is 39.7 Å². The van der Waals surface area contributed by atoms with Gasteiger partial charge >= 0.3 is 0 Å². The number of hydrogen-bond donors (Lipinski definition) is 0. The summed E-state index contributed by atoms with van der Waals surface area (Å²) in [5.74, 6) is 0.285. The van der Waals surface area contributed by atoms with Crippen LogP contribution in [0.1, 0.15) is 23.3 Å². The van der Waals surface area contributed by atoms with E-state index in [1.165, 1.54) is 0 Å². The van der Waals surface area contributed by atoms with Gasteiger partial charge in [-0.2, -0.15) is 0 Å². The maximum absolute atomic E-state index is 12.7. The molecule has 7 heteroatoms. The highest BCUT2D eigenvalue weighted by molar-refractivity contribution is 5.92. The van der Waals surface area contributed by atoms with Gasteiger partial charge in [0.05, 0.1) is 12.6 Å². The average Bonchev–Trinajstić information content (AvgIpc) is 3.10. The first-order chi connectivity index (χ1) is 12.1. The van der Waals surface area contributed by atoms with Crippen LogP contribution in [0.15, 0.2) is 18.3 Å². The number of aryl methyl sites for hydroxylation is 1. The summed E-state index contributed by atoms with van der Waals surface area (Å²) in [4.78, 5) is 31.4. The fourth-order valence-electron chi connectivity index (χ4n) is 3.78. The van der Waals surface area contributed by atoms with Crippen LogP contribution >= 0.6 is 0 Å². The lowest BCUT2D eigenvalue weighted by Gasteiger charge is -2.26. The Balaban J connectivity index is 1.58. The van der Waals surface area contributed by atoms with Crippen LogP contribution in [0.4, 0.5) is 0 Å². The van der Waals surface area contributed by atoms with Crippen molar-refractivity contribution in [1.82, 2.24) is 19.3 Å². The first-order valence-electron chi connectivity index (χ1n) is 9.04. The maximum Gasteiger partial charge on any atom is 0.270 e. The van der Waals surface area contributed by atoms with Gasteiger partial charge in [-0.05, 0) is 25.0 Å². The molecule has 0 spiro atoms. The molecule has 138 valence electrons. The fourth-order valence-corrected chi connectivity index (χ4v) is 3.78. The second-order valence-electron chi connectivity index (χ2n) is 6.81. The van der Waals surface area contributed by atoms with E-state index < -0.39 is 0 Å². The number of ether oxygens (including phenoxy) is 1. The van der Waals surface area contributed by atoms with E-state index in [-0.39, 0.29) is 17.9 Å². The molecule has 3 heterocycles. The first-order valence-corrected chi connectivity index (χ1v) is 9.04. The van der Waals surface area contributed by atoms with E-state index in [4.69, 9.17) is 4.74 Å². The molecule has 2 fully saturated rings. The molecule has 1 aromatic heterocycles. The molecule has 0 radical (unpaired) electrons. The minimum Gasteiger partial charge on any atom is -0.383 e. The number of methoxy groups -OCH3 is 1. The Bertz CT molecular complexity index is 615. The van der Waals surface area contributed by atoms with Crippen molar-refractivity contribution in [2.24, 2.45) is 7.05 Å². The Morgan fingerprint density at radius 1 is 1.24 bits per heavy atom. The third-order valence-electron chi connectivity index (χ3n) is 5.26. The summed E-state index contributed by atoms with van der Waals surface area (Å²) in [5.41, 5.74) is 0.719. The Labute approximate surface area is 149 Å². The van der Waals surface area contributed by atoms with Crippen molar-refractivity contribution in [2.45, 2.75) is 18.9 Å². The minimum absolute atomic E-state index is 0.0399. The van der Waals surface area contributed by atoms with Gasteiger partial charge in [-0.15, -0.1) is 0 Å². The number of carbonyl (C=O) groups excluding carboxylic acids is 2. The summed E-state index contributed by atoms with van der Waals surface area (Å²) in [5, 5.41) is 0. The number of carbonyl (C=O) groups is 2. The molecular formula is C18H28N4O3. The minimum atomic E-state index is -0.0399. The largest absolute Gasteiger partial charge is 0.383 e. The number of likely N-dealkylation sites (tertiary alicyclic amines) is 1. The normalized spacial score (nSPS) is 22.5. The third kappa shape index (κ3) is 3.88. The molecule has 0 unspecified atom stereocenters. The van der Waals surface area contributed by atoms with Gasteiger partial charge in [-0.25, -0.2) is 0 Å². The van der Waals surface area contributed by atoms with Crippen LogP contribution in [0, 0.1) is 0 Å². The van der Waals surface area contributed by atoms with Crippen LogP contribution in [-0.2, 0) is 16.6 Å². The molecule has 2 aliphatic rings. The average molecular weight is 348 g/mol. The lowest BCUT2D eigenvalue weighted by molar-refractivity contribution is -0.132. The SMILES string of the molecule is COCCN1CC[C@@H](N2CCCN(C(=O)c3cccn3C)CC2)C1=O. The number of aromatic nitrogens is 1. The Kier molecular flexibility index (Phi) is 5.75. The van der Waals surface area contributed by atoms with Crippen molar-refractivity contribution < 1.29 is 14.3 Å². The highest BCUT2D eigenvalue weighted by Gasteiger charge is 2.36. The zero-order valence-corrected chi connectivity index (χ0v) is 15.2. The molecule has 1 atom stereocenters. The molecule has 0 aromatic carbocycles. The van der Waals surface area contributed by atoms with Crippen molar-refractivity contribution in [3.8, 4) is 0 Å². The van der Waals surface area contributed by atoms with Crippen LogP contribution in [0.3, 0.4) is 0 Å². The lowest BCUT2D eigenvalue weighted by atomic mass is 10.2. The molecule has 3 rings (SSSR count). The molecule has 0 saturated carbocycles. The van der Waals surface area contributed by atoms with E-state index in [2.05, 4.69) is 4.90 Å². The number of nitrogens with zero attached hydrogens (tertiary/aromatic N) is 4. The zero-order valence-electron chi connectivity index (χ0n) is 15.2. The molecular weight excluding hydrogens is 320 g/mol. The predicted octanol–water partition coefficient (Wildman–Crippen LogP) is 0.420. The van der Waals surface area contributed by atoms with Crippen molar-refractivity contribution in [3.05, 3.63) is 24.0 Å². The van der Waals surface area contributed by atoms with Gasteiger partial charge < -0.3 is 19.1 Å². The van der Waals surface area contributed by atoms with Crippen molar-refractivity contribution in [3.63, 3.8) is 0 Å². The molecule has 0 N–H and O–H groups in total. The van der Waals surface area contributed by atoms with E-state index in [0.717, 1.165) is 44.7 Å². The van der Waals surface area contributed by atoms with Gasteiger partial charge in [0.25, 0.3) is 5.91 Å². The quantitative estimate of drug-likeness (QED) is 0.774. The zero-order chi connectivity index (χ0) is 17.8. The summed E-state index contributed by atoms with van der Waals surface area (Å²) in [7, 11) is 3.55. The molecule has 1 aromatic rings. The van der Waals surface area contributed by atoms with Gasteiger partial charge in [-0.3, -0.25) is 14.5 Å². The van der Waals surface area contributed by atoms with Gasteiger partial charge in [0.1, 0.15) is 5.69 Å². The van der Waals surface area contributed by atoms with Gasteiger partial charge in [-0.1, -0.05) is 0 Å². The Hall–Kier alpha value is -1.86. The number of rotatable bonds is 5. The molecule has 0 bridgehead atoms. The van der Waals surface area contributed by atoms with Crippen molar-refractivity contribution >= 4 is 11.8 Å². The van der Waals surface area contributed by atoms with Crippen molar-refractivity contribution in [2.75, 3.05) is 53.0 Å². The fraction of sp³-hybridized carbons (Fsp3) is 0.667. The monoisotopic (exact) mass is 348 g/mol. The second kappa shape index (κ2) is 8.01. The Morgan fingerprint density at radius 3 is 2.80 bits per heavy atom. The summed E-state index contributed by atoms with van der Waals surface area (Å²) < 4.78 is 6.94. The van der Waals surface area contributed by atoms with Gasteiger partial charge in [0, 0.05) is 59.6 Å². The van der Waals surface area contributed by atoms with Crippen molar-refractivity contribution in [1.29, 1.82) is 0 Å². The van der Waals surface area contributed by atoms with Gasteiger partial charge in [0.15, 0.2) is 0 Å². The van der Waals surface area contributed by atoms with E-state index in [9.17, 15) is 9.59 Å². The first kappa shape index (κ1) is 17.9. The lowest BCUT2D eigenvalue weighted by Crippen LogP contribution is -2.44. The summed E-state index contributed by atoms with van der Waals surface area (Å²) in [6.45, 7) is 5.08. The van der Waals surface area contributed by atoms with E-state index in [1.54, 1.807) is 7.11 Å². The topological polar surface area (TPSA) is 58.0 Å². The molecule has 7 nitrogen and oxygen atoms in total. The van der Waals surface area contributed by atoms with Crippen LogP contribution < -0.4 is 0 Å². The van der Waals surface area contributed by atoms with E-state index in [0.29, 0.717) is 19.7 Å². The van der Waals surface area contributed by atoms with Gasteiger partial charge in [0.2, 0.25) is 5.91 Å². The smallest absolute Gasteiger partial charge is 0.270 e. The molecule has 2 saturated heterocycles. The predicted molar refractivity (Wildman–Crippen MR) is 94.4 cm³/mol.